The fourth-order valence-electron chi connectivity index (χ4n) is 1.36. The number of nitrogens with one attached hydrogen (secondary N) is 2. The number of rotatable bonds is 2. The van der Waals surface area contributed by atoms with E-state index in [1.54, 1.807) is 0 Å². The minimum atomic E-state index is 0.180. The van der Waals surface area contributed by atoms with E-state index < -0.39 is 0 Å². The molecule has 1 unspecified atom stereocenters. The second-order valence-electron chi connectivity index (χ2n) is 3.27. The van der Waals surface area contributed by atoms with Crippen LogP contribution in [0.15, 0.2) is 48.7 Å². The number of thiocarbonyl (C=S) groups is 1. The normalized spacial score (nSPS) is 20.0. The zero-order valence-corrected chi connectivity index (χ0v) is 9.00. The fourth-order valence-corrected chi connectivity index (χ4v) is 1.56. The van der Waals surface area contributed by atoms with Gasteiger partial charge in [0, 0.05) is 6.20 Å². The van der Waals surface area contributed by atoms with Crippen LogP contribution in [0.5, 0.6) is 0 Å². The second kappa shape index (κ2) is 4.75. The summed E-state index contributed by atoms with van der Waals surface area (Å²) in [5.74, 6) is 0. The molecule has 0 fully saturated rings. The van der Waals surface area contributed by atoms with Gasteiger partial charge in [-0.25, -0.2) is 0 Å². The first-order valence-electron chi connectivity index (χ1n) is 4.81. The molecule has 15 heavy (non-hydrogen) atoms. The first-order chi connectivity index (χ1) is 7.34. The van der Waals surface area contributed by atoms with Crippen LogP contribution < -0.4 is 10.6 Å². The smallest absolute Gasteiger partial charge is 0.171 e. The largest absolute Gasteiger partial charge is 0.353 e. The van der Waals surface area contributed by atoms with Gasteiger partial charge in [-0.05, 0) is 23.9 Å². The van der Waals surface area contributed by atoms with E-state index in [4.69, 9.17) is 12.2 Å². The molecular weight excluding hydrogens is 204 g/mol. The Balaban J connectivity index is 2.03. The van der Waals surface area contributed by atoms with E-state index in [-0.39, 0.29) is 6.04 Å². The van der Waals surface area contributed by atoms with Crippen LogP contribution >= 0.6 is 12.2 Å². The zero-order valence-electron chi connectivity index (χ0n) is 8.18. The van der Waals surface area contributed by atoms with Gasteiger partial charge in [-0.2, -0.15) is 0 Å². The van der Waals surface area contributed by atoms with Gasteiger partial charge in [0.25, 0.3) is 0 Å². The van der Waals surface area contributed by atoms with E-state index in [0.717, 1.165) is 0 Å². The van der Waals surface area contributed by atoms with Crippen molar-refractivity contribution in [2.75, 3.05) is 0 Å². The van der Waals surface area contributed by atoms with E-state index in [9.17, 15) is 0 Å². The summed E-state index contributed by atoms with van der Waals surface area (Å²) in [5.41, 5.74) is 1.19. The van der Waals surface area contributed by atoms with Crippen LogP contribution in [-0.4, -0.2) is 11.2 Å². The lowest BCUT2D eigenvalue weighted by molar-refractivity contribution is 0.840. The Kier molecular flexibility index (Phi) is 3.15. The van der Waals surface area contributed by atoms with Gasteiger partial charge in [0.15, 0.2) is 5.11 Å². The third-order valence-electron chi connectivity index (χ3n) is 2.11. The minimum Gasteiger partial charge on any atom is -0.353 e. The summed E-state index contributed by atoms with van der Waals surface area (Å²) in [6.45, 7) is 0. The Morgan fingerprint density at radius 1 is 1.20 bits per heavy atom. The van der Waals surface area contributed by atoms with Crippen molar-refractivity contribution in [2.45, 2.75) is 6.04 Å². The lowest BCUT2D eigenvalue weighted by atomic mass is 10.1. The molecule has 1 atom stereocenters. The molecule has 2 nitrogen and oxygen atoms in total. The highest BCUT2D eigenvalue weighted by molar-refractivity contribution is 7.80. The van der Waals surface area contributed by atoms with Crippen molar-refractivity contribution in [2.24, 2.45) is 0 Å². The standard InChI is InChI=1S/C12H12N2S/c15-12-13-9-8-11(14-12)7-6-10-4-2-1-3-5-10/h1-9,11H,(H2,13,14,15). The molecule has 0 radical (unpaired) electrons. The molecular formula is C12H12N2S. The third kappa shape index (κ3) is 2.92. The zero-order chi connectivity index (χ0) is 10.5. The van der Waals surface area contributed by atoms with Crippen molar-refractivity contribution in [3.8, 4) is 0 Å². The maximum Gasteiger partial charge on any atom is 0.171 e. The summed E-state index contributed by atoms with van der Waals surface area (Å²) >= 11 is 5.01. The van der Waals surface area contributed by atoms with Crippen LogP contribution in [0.4, 0.5) is 0 Å². The number of hydrogen-bond acceptors (Lipinski definition) is 1. The summed E-state index contributed by atoms with van der Waals surface area (Å²) in [5, 5.41) is 6.72. The monoisotopic (exact) mass is 216 g/mol. The minimum absolute atomic E-state index is 0.180. The Morgan fingerprint density at radius 2 is 2.00 bits per heavy atom. The molecule has 0 amide bonds. The maximum atomic E-state index is 5.01. The van der Waals surface area contributed by atoms with Crippen LogP contribution in [0.25, 0.3) is 6.08 Å². The number of hydrogen-bond donors (Lipinski definition) is 2. The van der Waals surface area contributed by atoms with Crippen molar-refractivity contribution in [1.82, 2.24) is 10.6 Å². The van der Waals surface area contributed by atoms with Gasteiger partial charge in [0.1, 0.15) is 0 Å². The average Bonchev–Trinajstić information content (AvgIpc) is 2.28. The molecule has 0 spiro atoms. The topological polar surface area (TPSA) is 24.1 Å². The highest BCUT2D eigenvalue weighted by Gasteiger charge is 2.05. The molecule has 0 aromatic heterocycles. The predicted octanol–water partition coefficient (Wildman–Crippen LogP) is 2.06. The van der Waals surface area contributed by atoms with Gasteiger partial charge in [-0.15, -0.1) is 0 Å². The molecule has 3 heteroatoms. The predicted molar refractivity (Wildman–Crippen MR) is 67.3 cm³/mol. The van der Waals surface area contributed by atoms with Gasteiger partial charge in [-0.1, -0.05) is 42.5 Å². The van der Waals surface area contributed by atoms with E-state index >= 15 is 0 Å². The summed E-state index contributed by atoms with van der Waals surface area (Å²) in [7, 11) is 0. The molecule has 2 N–H and O–H groups in total. The Hall–Kier alpha value is -1.61. The van der Waals surface area contributed by atoms with Gasteiger partial charge in [-0.3, -0.25) is 0 Å². The van der Waals surface area contributed by atoms with Crippen molar-refractivity contribution in [3.63, 3.8) is 0 Å². The van der Waals surface area contributed by atoms with Crippen molar-refractivity contribution >= 4 is 23.4 Å². The van der Waals surface area contributed by atoms with Crippen LogP contribution in [0.3, 0.4) is 0 Å². The van der Waals surface area contributed by atoms with Crippen LogP contribution in [-0.2, 0) is 0 Å². The van der Waals surface area contributed by atoms with Crippen molar-refractivity contribution in [3.05, 3.63) is 54.2 Å². The second-order valence-corrected chi connectivity index (χ2v) is 3.68. The van der Waals surface area contributed by atoms with E-state index in [1.807, 2.05) is 30.5 Å². The Bertz CT molecular complexity index is 395. The van der Waals surface area contributed by atoms with E-state index in [2.05, 4.69) is 34.9 Å². The molecule has 1 aliphatic rings. The summed E-state index contributed by atoms with van der Waals surface area (Å²) < 4.78 is 0. The summed E-state index contributed by atoms with van der Waals surface area (Å²) in [6, 6.07) is 10.4. The molecule has 0 aliphatic carbocycles. The fraction of sp³-hybridized carbons (Fsp3) is 0.0833. The molecule has 1 aliphatic heterocycles. The molecule has 0 bridgehead atoms. The Labute approximate surface area is 94.7 Å². The lowest BCUT2D eigenvalue weighted by Gasteiger charge is -2.17. The summed E-state index contributed by atoms with van der Waals surface area (Å²) in [6.07, 6.45) is 8.04. The Morgan fingerprint density at radius 3 is 2.73 bits per heavy atom. The average molecular weight is 216 g/mol. The van der Waals surface area contributed by atoms with Crippen molar-refractivity contribution in [1.29, 1.82) is 0 Å². The van der Waals surface area contributed by atoms with Gasteiger partial charge < -0.3 is 10.6 Å². The van der Waals surface area contributed by atoms with E-state index in [0.29, 0.717) is 5.11 Å². The maximum absolute atomic E-state index is 5.01. The van der Waals surface area contributed by atoms with Gasteiger partial charge in [0.2, 0.25) is 0 Å². The van der Waals surface area contributed by atoms with E-state index in [1.165, 1.54) is 5.56 Å². The molecule has 0 saturated carbocycles. The van der Waals surface area contributed by atoms with Gasteiger partial charge in [0.05, 0.1) is 6.04 Å². The lowest BCUT2D eigenvalue weighted by Crippen LogP contribution is -2.41. The molecule has 1 aromatic carbocycles. The highest BCUT2D eigenvalue weighted by Crippen LogP contribution is 2.03. The van der Waals surface area contributed by atoms with Crippen LogP contribution in [0.1, 0.15) is 5.56 Å². The molecule has 2 rings (SSSR count). The van der Waals surface area contributed by atoms with Crippen LogP contribution in [0.2, 0.25) is 0 Å². The molecule has 1 heterocycles. The van der Waals surface area contributed by atoms with Gasteiger partial charge >= 0.3 is 0 Å². The van der Waals surface area contributed by atoms with Crippen molar-refractivity contribution < 1.29 is 0 Å². The first kappa shape index (κ1) is 9.93. The highest BCUT2D eigenvalue weighted by atomic mass is 32.1. The molecule has 76 valence electrons. The SMILES string of the molecule is S=C1NC=CC(C=Cc2ccccc2)N1. The number of benzene rings is 1. The molecule has 0 saturated heterocycles. The third-order valence-corrected chi connectivity index (χ3v) is 2.35. The molecule has 1 aromatic rings. The first-order valence-corrected chi connectivity index (χ1v) is 5.22. The summed E-state index contributed by atoms with van der Waals surface area (Å²) in [4.78, 5) is 0. The quantitative estimate of drug-likeness (QED) is 0.740. The van der Waals surface area contributed by atoms with Crippen LogP contribution in [0, 0.1) is 0 Å².